The predicted octanol–water partition coefficient (Wildman–Crippen LogP) is 2.98. The topological polar surface area (TPSA) is 71.8 Å². The van der Waals surface area contributed by atoms with Crippen LogP contribution >= 0.6 is 0 Å². The third-order valence-electron chi connectivity index (χ3n) is 3.45. The van der Waals surface area contributed by atoms with Crippen molar-refractivity contribution >= 4 is 11.7 Å². The molecule has 1 heterocycles. The van der Waals surface area contributed by atoms with E-state index in [0.29, 0.717) is 12.2 Å². The number of halogens is 1. The van der Waals surface area contributed by atoms with Crippen molar-refractivity contribution in [3.05, 3.63) is 78.6 Å². The van der Waals surface area contributed by atoms with Gasteiger partial charge in [-0.2, -0.15) is 5.10 Å². The average Bonchev–Trinajstić information content (AvgIpc) is 3.10. The molecule has 0 fully saturated rings. The molecule has 2 amide bonds. The van der Waals surface area contributed by atoms with Crippen LogP contribution in [0.1, 0.15) is 11.6 Å². The maximum atomic E-state index is 12.9. The zero-order valence-electron chi connectivity index (χ0n) is 12.8. The average molecular weight is 325 g/mol. The van der Waals surface area contributed by atoms with Crippen LogP contribution in [-0.2, 0) is 6.54 Å². The van der Waals surface area contributed by atoms with Crippen molar-refractivity contribution in [2.24, 2.45) is 0 Å². The number of rotatable bonds is 5. The molecule has 0 radical (unpaired) electrons. The Morgan fingerprint density at radius 2 is 1.88 bits per heavy atom. The lowest BCUT2D eigenvalue weighted by Gasteiger charge is -2.19. The third-order valence-corrected chi connectivity index (χ3v) is 3.45. The van der Waals surface area contributed by atoms with E-state index in [4.69, 9.17) is 0 Å². The van der Waals surface area contributed by atoms with Gasteiger partial charge in [0.15, 0.2) is 0 Å². The van der Waals surface area contributed by atoms with Crippen LogP contribution in [0, 0.1) is 5.82 Å². The Balaban J connectivity index is 1.71. The number of benzene rings is 2. The maximum Gasteiger partial charge on any atom is 0.319 e. The van der Waals surface area contributed by atoms with Crippen molar-refractivity contribution in [3.63, 3.8) is 0 Å². The van der Waals surface area contributed by atoms with Crippen LogP contribution in [-0.4, -0.2) is 20.8 Å². The summed E-state index contributed by atoms with van der Waals surface area (Å²) in [6, 6.07) is 14.5. The lowest BCUT2D eigenvalue weighted by Crippen LogP contribution is -2.35. The molecule has 24 heavy (non-hydrogen) atoms. The number of nitrogens with zero attached hydrogens (tertiary/aromatic N) is 3. The minimum atomic E-state index is -0.379. The zero-order chi connectivity index (χ0) is 16.8. The number of nitrogens with one attached hydrogen (secondary N) is 2. The van der Waals surface area contributed by atoms with Crippen molar-refractivity contribution in [3.8, 4) is 0 Å². The first-order valence-corrected chi connectivity index (χ1v) is 7.41. The second-order valence-electron chi connectivity index (χ2n) is 5.19. The molecule has 0 spiro atoms. The molecular formula is C17H16FN5O. The number of anilines is 1. The van der Waals surface area contributed by atoms with E-state index in [1.165, 1.54) is 30.6 Å². The van der Waals surface area contributed by atoms with Gasteiger partial charge in [-0.3, -0.25) is 4.68 Å². The van der Waals surface area contributed by atoms with Gasteiger partial charge in [0.1, 0.15) is 18.5 Å². The summed E-state index contributed by atoms with van der Waals surface area (Å²) in [6.07, 6.45) is 3.04. The predicted molar refractivity (Wildman–Crippen MR) is 87.8 cm³/mol. The van der Waals surface area contributed by atoms with Crippen LogP contribution in [0.2, 0.25) is 0 Å². The monoisotopic (exact) mass is 325 g/mol. The van der Waals surface area contributed by atoms with Crippen molar-refractivity contribution in [1.29, 1.82) is 0 Å². The van der Waals surface area contributed by atoms with E-state index in [0.717, 1.165) is 5.56 Å². The highest BCUT2D eigenvalue weighted by Gasteiger charge is 2.15. The SMILES string of the molecule is O=C(Nc1ccc(F)cc1)NC(Cn1cncn1)c1ccccc1. The number of hydrogen-bond donors (Lipinski definition) is 2. The summed E-state index contributed by atoms with van der Waals surface area (Å²) < 4.78 is 14.6. The van der Waals surface area contributed by atoms with Crippen LogP contribution in [0.3, 0.4) is 0 Å². The zero-order valence-corrected chi connectivity index (χ0v) is 12.8. The molecule has 0 saturated heterocycles. The summed E-state index contributed by atoms with van der Waals surface area (Å²) in [5.74, 6) is -0.352. The van der Waals surface area contributed by atoms with Gasteiger partial charge in [-0.15, -0.1) is 0 Å². The second-order valence-corrected chi connectivity index (χ2v) is 5.19. The highest BCUT2D eigenvalue weighted by molar-refractivity contribution is 5.89. The number of urea groups is 1. The molecule has 1 atom stereocenters. The van der Waals surface area contributed by atoms with Gasteiger partial charge < -0.3 is 10.6 Å². The first-order valence-electron chi connectivity index (χ1n) is 7.41. The first-order chi connectivity index (χ1) is 11.7. The molecule has 0 bridgehead atoms. The fraction of sp³-hybridized carbons (Fsp3) is 0.118. The van der Waals surface area contributed by atoms with Gasteiger partial charge in [-0.25, -0.2) is 14.2 Å². The number of carbonyl (C=O) groups is 1. The van der Waals surface area contributed by atoms with Crippen molar-refractivity contribution in [2.75, 3.05) is 5.32 Å². The van der Waals surface area contributed by atoms with Gasteiger partial charge in [-0.1, -0.05) is 30.3 Å². The Kier molecular flexibility index (Phi) is 4.81. The summed E-state index contributed by atoms with van der Waals surface area (Å²) >= 11 is 0. The van der Waals surface area contributed by atoms with Crippen LogP contribution in [0.15, 0.2) is 67.3 Å². The van der Waals surface area contributed by atoms with E-state index in [9.17, 15) is 9.18 Å². The van der Waals surface area contributed by atoms with Crippen molar-refractivity contribution in [2.45, 2.75) is 12.6 Å². The van der Waals surface area contributed by atoms with Gasteiger partial charge in [0.05, 0.1) is 12.6 Å². The number of hydrogen-bond acceptors (Lipinski definition) is 3. The Morgan fingerprint density at radius 1 is 1.12 bits per heavy atom. The fourth-order valence-corrected chi connectivity index (χ4v) is 2.29. The highest BCUT2D eigenvalue weighted by atomic mass is 19.1. The summed E-state index contributed by atoms with van der Waals surface area (Å²) in [5.41, 5.74) is 1.46. The molecule has 2 aromatic carbocycles. The van der Waals surface area contributed by atoms with Crippen LogP contribution in [0.4, 0.5) is 14.9 Å². The van der Waals surface area contributed by atoms with Gasteiger partial charge in [0.25, 0.3) is 0 Å². The van der Waals surface area contributed by atoms with Crippen molar-refractivity contribution < 1.29 is 9.18 Å². The highest BCUT2D eigenvalue weighted by Crippen LogP contribution is 2.15. The standard InChI is InChI=1S/C17H16FN5O/c18-14-6-8-15(9-7-14)21-17(24)22-16(10-23-12-19-11-20-23)13-4-2-1-3-5-13/h1-9,11-12,16H,10H2,(H2,21,22,24). The fourth-order valence-electron chi connectivity index (χ4n) is 2.29. The largest absolute Gasteiger partial charge is 0.329 e. The van der Waals surface area contributed by atoms with Crippen LogP contribution in [0.5, 0.6) is 0 Å². The Bertz CT molecular complexity index is 775. The van der Waals surface area contributed by atoms with Gasteiger partial charge in [0.2, 0.25) is 0 Å². The molecular weight excluding hydrogens is 309 g/mol. The van der Waals surface area contributed by atoms with Crippen LogP contribution < -0.4 is 10.6 Å². The minimum absolute atomic E-state index is 0.284. The molecule has 0 aliphatic heterocycles. The first kappa shape index (κ1) is 15.7. The molecule has 0 aliphatic carbocycles. The van der Waals surface area contributed by atoms with E-state index in [-0.39, 0.29) is 17.9 Å². The second kappa shape index (κ2) is 7.36. The molecule has 7 heteroatoms. The summed E-state index contributed by atoms with van der Waals surface area (Å²) in [4.78, 5) is 16.2. The molecule has 0 aliphatic rings. The molecule has 3 rings (SSSR count). The van der Waals surface area contributed by atoms with Gasteiger partial charge in [-0.05, 0) is 29.8 Å². The van der Waals surface area contributed by atoms with Gasteiger partial charge >= 0.3 is 6.03 Å². The molecule has 0 saturated carbocycles. The number of aromatic nitrogens is 3. The van der Waals surface area contributed by atoms with Crippen LogP contribution in [0.25, 0.3) is 0 Å². The third kappa shape index (κ3) is 4.16. The minimum Gasteiger partial charge on any atom is -0.329 e. The van der Waals surface area contributed by atoms with E-state index >= 15 is 0 Å². The summed E-state index contributed by atoms with van der Waals surface area (Å²) in [5, 5.41) is 9.66. The smallest absolute Gasteiger partial charge is 0.319 e. The normalized spacial score (nSPS) is 11.7. The quantitative estimate of drug-likeness (QED) is 0.757. The maximum absolute atomic E-state index is 12.9. The summed E-state index contributed by atoms with van der Waals surface area (Å²) in [6.45, 7) is 0.445. The lowest BCUT2D eigenvalue weighted by molar-refractivity contribution is 0.246. The van der Waals surface area contributed by atoms with Crippen molar-refractivity contribution in [1.82, 2.24) is 20.1 Å². The molecule has 2 N–H and O–H groups in total. The molecule has 3 aromatic rings. The number of carbonyl (C=O) groups excluding carboxylic acids is 1. The van der Waals surface area contributed by atoms with E-state index < -0.39 is 0 Å². The van der Waals surface area contributed by atoms with E-state index in [1.54, 1.807) is 11.0 Å². The Labute approximate surface area is 138 Å². The summed E-state index contributed by atoms with van der Waals surface area (Å²) in [7, 11) is 0. The van der Waals surface area contributed by atoms with Gasteiger partial charge in [0, 0.05) is 5.69 Å². The Hall–Kier alpha value is -3.22. The molecule has 1 aromatic heterocycles. The molecule has 6 nitrogen and oxygen atoms in total. The van der Waals surface area contributed by atoms with E-state index in [1.807, 2.05) is 30.3 Å². The molecule has 122 valence electrons. The lowest BCUT2D eigenvalue weighted by atomic mass is 10.1. The number of amides is 2. The molecule has 1 unspecified atom stereocenters. The Morgan fingerprint density at radius 3 is 2.54 bits per heavy atom. The van der Waals surface area contributed by atoms with E-state index in [2.05, 4.69) is 20.7 Å².